The number of nitriles is 1. The maximum atomic E-state index is 9.33. The molecule has 0 aromatic carbocycles. The monoisotopic (exact) mass is 81.0 g/mol. The molecule has 0 atom stereocenters. The van der Waals surface area contributed by atoms with Gasteiger partial charge in [-0.3, -0.25) is 4.79 Å². The second kappa shape index (κ2) is 3.90. The number of allylic oxidation sites excluding steroid dienone is 2. The molecule has 0 amide bonds. The Kier molecular flexibility index (Phi) is 3.19. The first-order valence-corrected chi connectivity index (χ1v) is 1.41. The zero-order chi connectivity index (χ0) is 4.83. The molecule has 0 unspecified atom stereocenters. The van der Waals surface area contributed by atoms with Crippen molar-refractivity contribution in [2.75, 3.05) is 0 Å². The van der Waals surface area contributed by atoms with E-state index < -0.39 is 0 Å². The molecule has 6 heavy (non-hydrogen) atoms. The highest BCUT2D eigenvalue weighted by Gasteiger charge is 1.55. The van der Waals surface area contributed by atoms with E-state index in [0.717, 1.165) is 12.2 Å². The first-order chi connectivity index (χ1) is 2.91. The van der Waals surface area contributed by atoms with E-state index in [0.29, 0.717) is 6.29 Å². The van der Waals surface area contributed by atoms with Crippen LogP contribution in [0.4, 0.5) is 0 Å². The van der Waals surface area contributed by atoms with Gasteiger partial charge in [0.2, 0.25) is 0 Å². The molecule has 2 heteroatoms. The van der Waals surface area contributed by atoms with Gasteiger partial charge in [0.15, 0.2) is 0 Å². The Morgan fingerprint density at radius 3 is 2.50 bits per heavy atom. The second-order valence-corrected chi connectivity index (χ2v) is 0.624. The molecule has 0 aliphatic rings. The fourth-order valence-electron chi connectivity index (χ4n) is 0.0823. The molecule has 0 radical (unpaired) electrons. The fraction of sp³-hybridized carbons (Fsp3) is 0. The minimum absolute atomic E-state index is 0.559. The summed E-state index contributed by atoms with van der Waals surface area (Å²) in [4.78, 5) is 9.33. The Bertz CT molecular complexity index is 98.6. The number of carbonyl (C=O) groups is 1. The summed E-state index contributed by atoms with van der Waals surface area (Å²) in [5.41, 5.74) is 0. The van der Waals surface area contributed by atoms with Crippen LogP contribution in [-0.4, -0.2) is 6.29 Å². The maximum Gasteiger partial charge on any atom is 0.143 e. The highest BCUT2D eigenvalue weighted by atomic mass is 16.1. The lowest BCUT2D eigenvalue weighted by Crippen LogP contribution is -1.52. The molecular formula is C4H3NO. The van der Waals surface area contributed by atoms with Gasteiger partial charge in [-0.15, -0.1) is 0 Å². The van der Waals surface area contributed by atoms with Crippen molar-refractivity contribution in [1.29, 1.82) is 5.26 Å². The van der Waals surface area contributed by atoms with E-state index >= 15 is 0 Å². The molecule has 0 bridgehead atoms. The average molecular weight is 81.1 g/mol. The van der Waals surface area contributed by atoms with E-state index in [2.05, 4.69) is 0 Å². The Morgan fingerprint density at radius 2 is 2.33 bits per heavy atom. The first kappa shape index (κ1) is 4.90. The van der Waals surface area contributed by atoms with Crippen LogP contribution < -0.4 is 0 Å². The second-order valence-electron chi connectivity index (χ2n) is 0.624. The molecule has 0 aliphatic carbocycles. The van der Waals surface area contributed by atoms with Crippen molar-refractivity contribution in [3.63, 3.8) is 0 Å². The van der Waals surface area contributed by atoms with E-state index in [1.807, 2.05) is 0 Å². The summed E-state index contributed by atoms with van der Waals surface area (Å²) in [7, 11) is 0. The molecule has 30 valence electrons. The molecule has 0 saturated carbocycles. The zero-order valence-electron chi connectivity index (χ0n) is 3.09. The van der Waals surface area contributed by atoms with Gasteiger partial charge in [0.1, 0.15) is 6.29 Å². The van der Waals surface area contributed by atoms with Gasteiger partial charge in [0.25, 0.3) is 0 Å². The van der Waals surface area contributed by atoms with E-state index in [4.69, 9.17) is 5.26 Å². The number of nitrogens with zero attached hydrogens (tertiary/aromatic N) is 1. The van der Waals surface area contributed by atoms with Crippen LogP contribution in [0.5, 0.6) is 0 Å². The molecule has 2 nitrogen and oxygen atoms in total. The Labute approximate surface area is 35.7 Å². The van der Waals surface area contributed by atoms with Gasteiger partial charge in [-0.1, -0.05) is 0 Å². The number of rotatable bonds is 1. The number of hydrogen-bond acceptors (Lipinski definition) is 2. The third kappa shape index (κ3) is 2.90. The molecule has 0 aromatic rings. The lowest BCUT2D eigenvalue weighted by molar-refractivity contribution is -0.104. The summed E-state index contributed by atoms with van der Waals surface area (Å²) in [5.74, 6) is 0. The maximum absolute atomic E-state index is 9.33. The summed E-state index contributed by atoms with van der Waals surface area (Å²) in [5, 5.41) is 7.70. The smallest absolute Gasteiger partial charge is 0.143 e. The minimum atomic E-state index is 0.559. The number of hydrogen-bond donors (Lipinski definition) is 0. The van der Waals surface area contributed by atoms with E-state index in [9.17, 15) is 4.79 Å². The van der Waals surface area contributed by atoms with E-state index in [-0.39, 0.29) is 0 Å². The predicted molar refractivity (Wildman–Crippen MR) is 20.8 cm³/mol. The summed E-state index contributed by atoms with van der Waals surface area (Å²) >= 11 is 0. The average Bonchev–Trinajstić information content (AvgIpc) is 1.61. The van der Waals surface area contributed by atoms with Gasteiger partial charge >= 0.3 is 0 Å². The molecule has 0 heterocycles. The Morgan fingerprint density at radius 1 is 1.67 bits per heavy atom. The van der Waals surface area contributed by atoms with Crippen LogP contribution in [0, 0.1) is 11.3 Å². The topological polar surface area (TPSA) is 40.9 Å². The van der Waals surface area contributed by atoms with Crippen LogP contribution in [0.1, 0.15) is 0 Å². The van der Waals surface area contributed by atoms with Crippen molar-refractivity contribution in [3.8, 4) is 6.07 Å². The van der Waals surface area contributed by atoms with Crippen molar-refractivity contribution < 1.29 is 4.79 Å². The summed E-state index contributed by atoms with van der Waals surface area (Å²) in [6.45, 7) is 0. The Hall–Kier alpha value is -1.10. The molecule has 0 fully saturated rings. The molecule has 0 aromatic heterocycles. The molecule has 0 spiro atoms. The van der Waals surface area contributed by atoms with Gasteiger partial charge in [0, 0.05) is 6.08 Å². The highest BCUT2D eigenvalue weighted by molar-refractivity contribution is 5.65. The molecular weight excluding hydrogens is 78.0 g/mol. The van der Waals surface area contributed by atoms with Crippen molar-refractivity contribution in [2.24, 2.45) is 0 Å². The lowest BCUT2D eigenvalue weighted by atomic mass is 10.6. The Balaban J connectivity index is 3.26. The fourth-order valence-corrected chi connectivity index (χ4v) is 0.0823. The van der Waals surface area contributed by atoms with Crippen LogP contribution >= 0.6 is 0 Å². The third-order valence-corrected chi connectivity index (χ3v) is 0.249. The van der Waals surface area contributed by atoms with Crippen LogP contribution in [0.15, 0.2) is 12.2 Å². The third-order valence-electron chi connectivity index (χ3n) is 0.249. The predicted octanol–water partition coefficient (Wildman–Crippen LogP) is 0.265. The van der Waals surface area contributed by atoms with Gasteiger partial charge in [-0.25, -0.2) is 0 Å². The van der Waals surface area contributed by atoms with Gasteiger partial charge < -0.3 is 0 Å². The number of aldehydes is 1. The van der Waals surface area contributed by atoms with Crippen LogP contribution in [0.2, 0.25) is 0 Å². The molecule has 0 saturated heterocycles. The molecule has 0 rings (SSSR count). The summed E-state index contributed by atoms with van der Waals surface area (Å²) < 4.78 is 0. The molecule has 0 N–H and O–H groups in total. The van der Waals surface area contributed by atoms with Crippen LogP contribution in [-0.2, 0) is 4.79 Å². The number of carbonyl (C=O) groups excluding carboxylic acids is 1. The minimum Gasteiger partial charge on any atom is -0.299 e. The largest absolute Gasteiger partial charge is 0.299 e. The van der Waals surface area contributed by atoms with Crippen molar-refractivity contribution in [3.05, 3.63) is 12.2 Å². The lowest BCUT2D eigenvalue weighted by Gasteiger charge is -1.49. The quantitative estimate of drug-likeness (QED) is 0.258. The van der Waals surface area contributed by atoms with E-state index in [1.54, 1.807) is 6.07 Å². The van der Waals surface area contributed by atoms with Crippen LogP contribution in [0.25, 0.3) is 0 Å². The van der Waals surface area contributed by atoms with E-state index in [1.165, 1.54) is 0 Å². The van der Waals surface area contributed by atoms with Gasteiger partial charge in [0.05, 0.1) is 6.07 Å². The standard InChI is InChI=1S/C4H3NO/c5-3-1-2-4-6/h1-2,4H/b2-1+. The van der Waals surface area contributed by atoms with Crippen LogP contribution in [0.3, 0.4) is 0 Å². The van der Waals surface area contributed by atoms with Crippen molar-refractivity contribution >= 4 is 6.29 Å². The summed E-state index contributed by atoms with van der Waals surface area (Å²) in [6, 6.07) is 1.66. The molecule has 0 aliphatic heterocycles. The zero-order valence-corrected chi connectivity index (χ0v) is 3.09. The van der Waals surface area contributed by atoms with Gasteiger partial charge in [-0.2, -0.15) is 5.26 Å². The normalized spacial score (nSPS) is 7.83. The SMILES string of the molecule is N#C/C=C/C=O. The highest BCUT2D eigenvalue weighted by Crippen LogP contribution is 1.56. The first-order valence-electron chi connectivity index (χ1n) is 1.41. The van der Waals surface area contributed by atoms with Crippen molar-refractivity contribution in [1.82, 2.24) is 0 Å². The van der Waals surface area contributed by atoms with Crippen molar-refractivity contribution in [2.45, 2.75) is 0 Å². The van der Waals surface area contributed by atoms with Gasteiger partial charge in [-0.05, 0) is 6.08 Å². The summed E-state index contributed by atoms with van der Waals surface area (Å²) in [6.07, 6.45) is 2.82.